The number of benzene rings is 3. The summed E-state index contributed by atoms with van der Waals surface area (Å²) in [6, 6.07) is 28.2. The highest BCUT2D eigenvalue weighted by atomic mass is 16.5. The number of nitriles is 1. The van der Waals surface area contributed by atoms with E-state index in [1.807, 2.05) is 36.4 Å². The number of urea groups is 1. The molecule has 3 amide bonds. The third-order valence-corrected chi connectivity index (χ3v) is 5.20. The van der Waals surface area contributed by atoms with Gasteiger partial charge in [-0.25, -0.2) is 4.79 Å². The number of anilines is 2. The van der Waals surface area contributed by atoms with Gasteiger partial charge >= 0.3 is 6.03 Å². The molecule has 0 aliphatic carbocycles. The summed E-state index contributed by atoms with van der Waals surface area (Å²) in [4.78, 5) is 26.9. The van der Waals surface area contributed by atoms with Gasteiger partial charge in [-0.05, 0) is 73.2 Å². The van der Waals surface area contributed by atoms with Gasteiger partial charge in [0.15, 0.2) is 5.76 Å². The lowest BCUT2D eigenvalue weighted by atomic mass is 10.2. The van der Waals surface area contributed by atoms with Crippen molar-refractivity contribution in [2.45, 2.75) is 6.42 Å². The number of rotatable bonds is 9. The second-order valence-corrected chi connectivity index (χ2v) is 7.77. The lowest BCUT2D eigenvalue weighted by Crippen LogP contribution is -2.35. The molecular formula is C28H24N4O4. The van der Waals surface area contributed by atoms with E-state index < -0.39 is 6.03 Å². The fourth-order valence-electron chi connectivity index (χ4n) is 3.48. The molecule has 0 atom stereocenters. The van der Waals surface area contributed by atoms with E-state index >= 15 is 0 Å². The number of ether oxygens (including phenoxy) is 1. The van der Waals surface area contributed by atoms with Crippen LogP contribution in [-0.2, 0) is 0 Å². The maximum Gasteiger partial charge on any atom is 0.319 e. The van der Waals surface area contributed by atoms with Gasteiger partial charge in [-0.3, -0.25) is 4.79 Å². The van der Waals surface area contributed by atoms with Crippen LogP contribution in [0.25, 0.3) is 0 Å². The second kappa shape index (κ2) is 11.9. The summed E-state index contributed by atoms with van der Waals surface area (Å²) >= 11 is 0. The summed E-state index contributed by atoms with van der Waals surface area (Å²) < 4.78 is 11.2. The largest absolute Gasteiger partial charge is 0.459 e. The zero-order valence-corrected chi connectivity index (χ0v) is 19.4. The number of carbonyl (C=O) groups excluding carboxylic acids is 2. The highest BCUT2D eigenvalue weighted by Crippen LogP contribution is 2.25. The Hall–Kier alpha value is -5.03. The number of amides is 3. The van der Waals surface area contributed by atoms with Gasteiger partial charge in [0.2, 0.25) is 0 Å². The zero-order valence-electron chi connectivity index (χ0n) is 19.4. The molecule has 8 heteroatoms. The van der Waals surface area contributed by atoms with Crippen LogP contribution >= 0.6 is 0 Å². The number of carbonyl (C=O) groups is 2. The molecule has 0 saturated carbocycles. The van der Waals surface area contributed by atoms with Crippen molar-refractivity contribution < 1.29 is 18.7 Å². The molecule has 1 heterocycles. The molecule has 180 valence electrons. The number of nitrogens with one attached hydrogen (secondary N) is 2. The Labute approximate surface area is 208 Å². The van der Waals surface area contributed by atoms with Gasteiger partial charge in [0, 0.05) is 24.5 Å². The number of furan rings is 1. The van der Waals surface area contributed by atoms with Crippen LogP contribution in [0.1, 0.15) is 22.5 Å². The Bertz CT molecular complexity index is 1330. The van der Waals surface area contributed by atoms with Crippen LogP contribution in [0.15, 0.2) is 102 Å². The van der Waals surface area contributed by atoms with Crippen LogP contribution in [0.2, 0.25) is 0 Å². The summed E-state index contributed by atoms with van der Waals surface area (Å²) in [5, 5.41) is 14.5. The molecule has 2 N–H and O–H groups in total. The first-order valence-electron chi connectivity index (χ1n) is 11.4. The fourth-order valence-corrected chi connectivity index (χ4v) is 3.48. The third-order valence-electron chi connectivity index (χ3n) is 5.20. The van der Waals surface area contributed by atoms with Crippen LogP contribution in [-0.4, -0.2) is 25.0 Å². The smallest absolute Gasteiger partial charge is 0.319 e. The molecule has 3 aromatic carbocycles. The van der Waals surface area contributed by atoms with E-state index in [9.17, 15) is 9.59 Å². The minimum absolute atomic E-state index is 0.225. The minimum atomic E-state index is -0.392. The van der Waals surface area contributed by atoms with Crippen molar-refractivity contribution in [2.24, 2.45) is 0 Å². The first-order valence-corrected chi connectivity index (χ1v) is 11.4. The highest BCUT2D eigenvalue weighted by Gasteiger charge is 2.20. The maximum atomic E-state index is 13.1. The molecule has 8 nitrogen and oxygen atoms in total. The van der Waals surface area contributed by atoms with E-state index in [0.717, 1.165) is 5.75 Å². The number of hydrogen-bond acceptors (Lipinski definition) is 5. The van der Waals surface area contributed by atoms with Crippen LogP contribution < -0.4 is 20.3 Å². The topological polar surface area (TPSA) is 108 Å². The normalized spacial score (nSPS) is 10.2. The summed E-state index contributed by atoms with van der Waals surface area (Å²) in [6.45, 7) is 0.684. The maximum absolute atomic E-state index is 13.1. The average molecular weight is 481 g/mol. The highest BCUT2D eigenvalue weighted by molar-refractivity contribution is 6.04. The number of nitrogens with zero attached hydrogens (tertiary/aromatic N) is 2. The van der Waals surface area contributed by atoms with Crippen molar-refractivity contribution in [3.63, 3.8) is 0 Å². The molecule has 4 aromatic rings. The summed E-state index contributed by atoms with van der Waals surface area (Å²) in [6.07, 6.45) is 1.95. The monoisotopic (exact) mass is 480 g/mol. The minimum Gasteiger partial charge on any atom is -0.459 e. The molecule has 0 fully saturated rings. The van der Waals surface area contributed by atoms with E-state index in [2.05, 4.69) is 10.6 Å². The predicted molar refractivity (Wildman–Crippen MR) is 136 cm³/mol. The van der Waals surface area contributed by atoms with Crippen LogP contribution in [0.5, 0.6) is 11.5 Å². The van der Waals surface area contributed by atoms with E-state index in [4.69, 9.17) is 14.4 Å². The predicted octanol–water partition coefficient (Wildman–Crippen LogP) is 5.80. The molecule has 0 aliphatic heterocycles. The molecule has 0 unspecified atom stereocenters. The Morgan fingerprint density at radius 1 is 0.917 bits per heavy atom. The first kappa shape index (κ1) is 24.1. The second-order valence-electron chi connectivity index (χ2n) is 7.77. The molecule has 1 aromatic heterocycles. The molecular weight excluding hydrogens is 456 g/mol. The summed E-state index contributed by atoms with van der Waals surface area (Å²) in [5.74, 6) is 1.31. The lowest BCUT2D eigenvalue weighted by molar-refractivity contribution is 0.0960. The Kier molecular flexibility index (Phi) is 7.97. The first-order chi connectivity index (χ1) is 17.6. The third kappa shape index (κ3) is 6.52. The van der Waals surface area contributed by atoms with E-state index in [0.29, 0.717) is 42.2 Å². The van der Waals surface area contributed by atoms with Crippen molar-refractivity contribution in [1.82, 2.24) is 5.32 Å². The van der Waals surface area contributed by atoms with Crippen molar-refractivity contribution in [3.8, 4) is 17.6 Å². The van der Waals surface area contributed by atoms with Gasteiger partial charge in [0.1, 0.15) is 11.5 Å². The van der Waals surface area contributed by atoms with Crippen molar-refractivity contribution in [1.29, 1.82) is 5.26 Å². The molecule has 0 saturated heterocycles. The summed E-state index contributed by atoms with van der Waals surface area (Å²) in [5.41, 5.74) is 1.66. The van der Waals surface area contributed by atoms with Crippen LogP contribution in [0, 0.1) is 11.3 Å². The van der Waals surface area contributed by atoms with Crippen LogP contribution in [0.3, 0.4) is 0 Å². The van der Waals surface area contributed by atoms with Gasteiger partial charge in [-0.2, -0.15) is 5.26 Å². The molecule has 0 radical (unpaired) electrons. The Morgan fingerprint density at radius 3 is 2.42 bits per heavy atom. The molecule has 36 heavy (non-hydrogen) atoms. The Morgan fingerprint density at radius 2 is 1.69 bits per heavy atom. The van der Waals surface area contributed by atoms with E-state index in [1.54, 1.807) is 65.6 Å². The fraction of sp³-hybridized carbons (Fsp3) is 0.107. The number of para-hydroxylation sites is 1. The molecule has 0 aliphatic rings. The molecule has 0 bridgehead atoms. The zero-order chi connectivity index (χ0) is 25.2. The standard InChI is InChI=1S/C28H24N4O4/c29-20-21-7-4-8-22(19-21)31-28(34)30-16-6-17-32(27(33)26-11-5-18-35-26)23-12-14-25(15-13-23)36-24-9-2-1-3-10-24/h1-5,7-15,18-19H,6,16-17H2,(H2,30,31,34). The van der Waals surface area contributed by atoms with Gasteiger partial charge in [0.25, 0.3) is 5.91 Å². The quantitative estimate of drug-likeness (QED) is 0.294. The van der Waals surface area contributed by atoms with Gasteiger partial charge in [-0.15, -0.1) is 0 Å². The van der Waals surface area contributed by atoms with Gasteiger partial charge in [-0.1, -0.05) is 24.3 Å². The number of hydrogen-bond donors (Lipinski definition) is 2. The Balaban J connectivity index is 1.36. The lowest BCUT2D eigenvalue weighted by Gasteiger charge is -2.22. The van der Waals surface area contributed by atoms with Crippen molar-refractivity contribution in [2.75, 3.05) is 23.3 Å². The molecule has 4 rings (SSSR count). The molecule has 0 spiro atoms. The van der Waals surface area contributed by atoms with Crippen molar-refractivity contribution in [3.05, 3.63) is 109 Å². The SMILES string of the molecule is N#Cc1cccc(NC(=O)NCCCN(C(=O)c2ccco2)c2ccc(Oc3ccccc3)cc2)c1. The average Bonchev–Trinajstić information content (AvgIpc) is 3.45. The van der Waals surface area contributed by atoms with Gasteiger partial charge in [0.05, 0.1) is 17.9 Å². The van der Waals surface area contributed by atoms with E-state index in [-0.39, 0.29) is 11.7 Å². The van der Waals surface area contributed by atoms with Crippen molar-refractivity contribution >= 4 is 23.3 Å². The van der Waals surface area contributed by atoms with E-state index in [1.165, 1.54) is 6.26 Å². The van der Waals surface area contributed by atoms with Crippen LogP contribution in [0.4, 0.5) is 16.2 Å². The van der Waals surface area contributed by atoms with Gasteiger partial charge < -0.3 is 24.7 Å². The summed E-state index contributed by atoms with van der Waals surface area (Å²) in [7, 11) is 0.